The first kappa shape index (κ1) is 11.2. The zero-order valence-corrected chi connectivity index (χ0v) is 9.72. The quantitative estimate of drug-likeness (QED) is 0.714. The maximum atomic E-state index is 11.5. The van der Waals surface area contributed by atoms with Crippen molar-refractivity contribution in [2.24, 2.45) is 5.92 Å². The Morgan fingerprint density at radius 3 is 3.00 bits per heavy atom. The molecular weight excluding hydrogens is 212 g/mol. The van der Waals surface area contributed by atoms with Gasteiger partial charge in [-0.05, 0) is 38.1 Å². The molecule has 2 bridgehead atoms. The third-order valence-electron chi connectivity index (χ3n) is 3.40. The van der Waals surface area contributed by atoms with Crippen LogP contribution in [0, 0.1) is 5.92 Å². The summed E-state index contributed by atoms with van der Waals surface area (Å²) in [5, 5.41) is 6.61. The lowest BCUT2D eigenvalue weighted by molar-refractivity contribution is -0.122. The number of alkyl halides is 1. The Labute approximate surface area is 95.9 Å². The number of hydrogen-bond donors (Lipinski definition) is 2. The highest BCUT2D eigenvalue weighted by Gasteiger charge is 2.34. The number of carbonyl (C=O) groups is 1. The fourth-order valence-corrected chi connectivity index (χ4v) is 2.88. The zero-order chi connectivity index (χ0) is 10.7. The van der Waals surface area contributed by atoms with Gasteiger partial charge in [0.15, 0.2) is 0 Å². The molecule has 1 heterocycles. The Morgan fingerprint density at radius 2 is 2.27 bits per heavy atom. The van der Waals surface area contributed by atoms with E-state index >= 15 is 0 Å². The minimum absolute atomic E-state index is 0.168. The molecule has 2 aliphatic rings. The van der Waals surface area contributed by atoms with Gasteiger partial charge in [-0.15, -0.1) is 11.6 Å². The third-order valence-corrected chi connectivity index (χ3v) is 3.67. The number of amides is 1. The summed E-state index contributed by atoms with van der Waals surface area (Å²) in [6.45, 7) is 1.14. The lowest BCUT2D eigenvalue weighted by Crippen LogP contribution is -2.41. The monoisotopic (exact) mass is 230 g/mol. The normalized spacial score (nSPS) is 34.1. The minimum atomic E-state index is 0.168. The number of rotatable bonds is 4. The molecule has 3 unspecified atom stereocenters. The van der Waals surface area contributed by atoms with Gasteiger partial charge in [0.1, 0.15) is 0 Å². The van der Waals surface area contributed by atoms with Gasteiger partial charge >= 0.3 is 0 Å². The molecule has 1 aliphatic heterocycles. The molecule has 0 radical (unpaired) electrons. The van der Waals surface area contributed by atoms with E-state index in [2.05, 4.69) is 10.6 Å². The van der Waals surface area contributed by atoms with E-state index in [0.717, 1.165) is 31.7 Å². The van der Waals surface area contributed by atoms with Crippen molar-refractivity contribution in [3.8, 4) is 0 Å². The van der Waals surface area contributed by atoms with Crippen LogP contribution in [0.2, 0.25) is 0 Å². The van der Waals surface area contributed by atoms with E-state index < -0.39 is 0 Å². The SMILES string of the molecule is O=C(CCCCl)NC1CC2CNC(C2)C1. The molecule has 0 aromatic rings. The summed E-state index contributed by atoms with van der Waals surface area (Å²) in [7, 11) is 0. The predicted molar refractivity (Wildman–Crippen MR) is 61.0 cm³/mol. The Morgan fingerprint density at radius 1 is 1.40 bits per heavy atom. The maximum absolute atomic E-state index is 11.5. The van der Waals surface area contributed by atoms with Crippen molar-refractivity contribution in [2.45, 2.75) is 44.2 Å². The van der Waals surface area contributed by atoms with Crippen LogP contribution in [0.5, 0.6) is 0 Å². The molecule has 1 aliphatic carbocycles. The van der Waals surface area contributed by atoms with Gasteiger partial charge in [0.2, 0.25) is 5.91 Å². The first-order chi connectivity index (χ1) is 7.28. The predicted octanol–water partition coefficient (Wildman–Crippen LogP) is 1.26. The van der Waals surface area contributed by atoms with Crippen LogP contribution in [0.4, 0.5) is 0 Å². The molecule has 2 fully saturated rings. The Kier molecular flexibility index (Phi) is 3.87. The molecule has 0 aromatic carbocycles. The van der Waals surface area contributed by atoms with Gasteiger partial charge in [0, 0.05) is 24.4 Å². The fourth-order valence-electron chi connectivity index (χ4n) is 2.75. The van der Waals surface area contributed by atoms with Crippen LogP contribution in [0.25, 0.3) is 0 Å². The standard InChI is InChI=1S/C11H19ClN2O/c12-3-1-2-11(15)14-10-5-8-4-9(6-10)13-7-8/h8-10,13H,1-7H2,(H,14,15). The lowest BCUT2D eigenvalue weighted by atomic mass is 9.86. The summed E-state index contributed by atoms with van der Waals surface area (Å²) < 4.78 is 0. The van der Waals surface area contributed by atoms with E-state index in [4.69, 9.17) is 11.6 Å². The van der Waals surface area contributed by atoms with Gasteiger partial charge in [-0.3, -0.25) is 4.79 Å². The van der Waals surface area contributed by atoms with Crippen molar-refractivity contribution in [3.05, 3.63) is 0 Å². The first-order valence-corrected chi connectivity index (χ1v) is 6.40. The molecule has 86 valence electrons. The van der Waals surface area contributed by atoms with E-state index in [1.807, 2.05) is 0 Å². The van der Waals surface area contributed by atoms with Crippen molar-refractivity contribution in [2.75, 3.05) is 12.4 Å². The summed E-state index contributed by atoms with van der Waals surface area (Å²) in [4.78, 5) is 11.5. The van der Waals surface area contributed by atoms with Crippen molar-refractivity contribution in [1.29, 1.82) is 0 Å². The van der Waals surface area contributed by atoms with Gasteiger partial charge < -0.3 is 10.6 Å². The Balaban J connectivity index is 1.73. The first-order valence-electron chi connectivity index (χ1n) is 5.86. The molecule has 1 saturated carbocycles. The Bertz CT molecular complexity index is 223. The van der Waals surface area contributed by atoms with Gasteiger partial charge in [-0.2, -0.15) is 0 Å². The van der Waals surface area contributed by atoms with Crippen molar-refractivity contribution in [1.82, 2.24) is 10.6 Å². The highest BCUT2D eigenvalue weighted by Crippen LogP contribution is 2.29. The van der Waals surface area contributed by atoms with E-state index in [1.54, 1.807) is 0 Å². The summed E-state index contributed by atoms with van der Waals surface area (Å²) >= 11 is 5.55. The molecule has 3 nitrogen and oxygen atoms in total. The van der Waals surface area contributed by atoms with Gasteiger partial charge in [-0.1, -0.05) is 0 Å². The number of halogens is 1. The zero-order valence-electron chi connectivity index (χ0n) is 8.97. The third kappa shape index (κ3) is 3.08. The Hall–Kier alpha value is -0.280. The fraction of sp³-hybridized carbons (Fsp3) is 0.909. The van der Waals surface area contributed by atoms with Crippen molar-refractivity contribution in [3.63, 3.8) is 0 Å². The number of nitrogens with one attached hydrogen (secondary N) is 2. The lowest BCUT2D eigenvalue weighted by Gasteiger charge is -2.27. The van der Waals surface area contributed by atoms with Gasteiger partial charge in [0.05, 0.1) is 0 Å². The van der Waals surface area contributed by atoms with Gasteiger partial charge in [0.25, 0.3) is 0 Å². The van der Waals surface area contributed by atoms with Crippen LogP contribution in [0.15, 0.2) is 0 Å². The highest BCUT2D eigenvalue weighted by atomic mass is 35.5. The van der Waals surface area contributed by atoms with Crippen LogP contribution in [-0.2, 0) is 4.79 Å². The number of carbonyl (C=O) groups excluding carboxylic acids is 1. The molecule has 0 spiro atoms. The summed E-state index contributed by atoms with van der Waals surface area (Å²) in [6.07, 6.45) is 4.90. The molecule has 4 heteroatoms. The summed E-state index contributed by atoms with van der Waals surface area (Å²) in [6, 6.07) is 1.04. The molecule has 2 rings (SSSR count). The van der Waals surface area contributed by atoms with Crippen molar-refractivity contribution >= 4 is 17.5 Å². The van der Waals surface area contributed by atoms with Gasteiger partial charge in [-0.25, -0.2) is 0 Å². The molecule has 15 heavy (non-hydrogen) atoms. The number of hydrogen-bond acceptors (Lipinski definition) is 2. The summed E-state index contributed by atoms with van der Waals surface area (Å²) in [5.41, 5.74) is 0. The largest absolute Gasteiger partial charge is 0.353 e. The smallest absolute Gasteiger partial charge is 0.220 e. The average molecular weight is 231 g/mol. The molecule has 1 amide bonds. The molecular formula is C11H19ClN2O. The molecule has 2 N–H and O–H groups in total. The molecule has 1 saturated heterocycles. The minimum Gasteiger partial charge on any atom is -0.353 e. The number of fused-ring (bicyclic) bond motifs is 2. The molecule has 3 atom stereocenters. The second-order valence-electron chi connectivity index (χ2n) is 4.74. The van der Waals surface area contributed by atoms with Crippen LogP contribution in [0.1, 0.15) is 32.1 Å². The van der Waals surface area contributed by atoms with E-state index in [9.17, 15) is 4.79 Å². The van der Waals surface area contributed by atoms with Crippen molar-refractivity contribution < 1.29 is 4.79 Å². The van der Waals surface area contributed by atoms with E-state index in [-0.39, 0.29) is 5.91 Å². The van der Waals surface area contributed by atoms with Crippen LogP contribution < -0.4 is 10.6 Å². The topological polar surface area (TPSA) is 41.1 Å². The second-order valence-corrected chi connectivity index (χ2v) is 5.11. The highest BCUT2D eigenvalue weighted by molar-refractivity contribution is 6.17. The second kappa shape index (κ2) is 5.17. The maximum Gasteiger partial charge on any atom is 0.220 e. The van der Waals surface area contributed by atoms with Crippen LogP contribution in [0.3, 0.4) is 0 Å². The van der Waals surface area contributed by atoms with Crippen LogP contribution in [-0.4, -0.2) is 30.4 Å². The van der Waals surface area contributed by atoms with Crippen LogP contribution >= 0.6 is 11.6 Å². The van der Waals surface area contributed by atoms with E-state index in [0.29, 0.717) is 24.4 Å². The summed E-state index contributed by atoms with van der Waals surface area (Å²) in [5.74, 6) is 1.52. The molecule has 0 aromatic heterocycles. The van der Waals surface area contributed by atoms with E-state index in [1.165, 1.54) is 6.42 Å². The average Bonchev–Trinajstić information content (AvgIpc) is 2.55.